The molecule has 0 N–H and O–H groups in total. The normalized spacial score (nSPS) is 12.5. The molecular weight excluding hydrogens is 338 g/mol. The standard InChI is InChI=1S/C21H24F2O3/c1-14(10-19(24)26-21(2,3)4)17-11-16(22)12-18(23)20(17)25-13-15-8-6-5-7-9-15/h5-9,11-12,14H,10,13H2,1-4H3. The Morgan fingerprint density at radius 1 is 1.12 bits per heavy atom. The van der Waals surface area contributed by atoms with Crippen LogP contribution in [0.15, 0.2) is 42.5 Å². The zero-order valence-corrected chi connectivity index (χ0v) is 15.5. The molecule has 0 spiro atoms. The van der Waals surface area contributed by atoms with Crippen molar-refractivity contribution < 1.29 is 23.0 Å². The number of carbonyl (C=O) groups is 1. The summed E-state index contributed by atoms with van der Waals surface area (Å²) in [5.41, 5.74) is 0.558. The number of ether oxygens (including phenoxy) is 2. The van der Waals surface area contributed by atoms with E-state index in [1.54, 1.807) is 27.7 Å². The predicted molar refractivity (Wildman–Crippen MR) is 96.0 cm³/mol. The topological polar surface area (TPSA) is 35.5 Å². The van der Waals surface area contributed by atoms with Gasteiger partial charge in [0.15, 0.2) is 11.6 Å². The van der Waals surface area contributed by atoms with Crippen LogP contribution in [0.4, 0.5) is 8.78 Å². The second-order valence-electron chi connectivity index (χ2n) is 7.27. The average Bonchev–Trinajstić information content (AvgIpc) is 2.52. The zero-order chi connectivity index (χ0) is 19.3. The van der Waals surface area contributed by atoms with E-state index in [9.17, 15) is 13.6 Å². The molecule has 26 heavy (non-hydrogen) atoms. The molecule has 5 heteroatoms. The van der Waals surface area contributed by atoms with E-state index < -0.39 is 29.1 Å². The number of benzene rings is 2. The molecule has 0 saturated carbocycles. The summed E-state index contributed by atoms with van der Waals surface area (Å²) in [6.07, 6.45) is 0.00185. The van der Waals surface area contributed by atoms with Crippen LogP contribution in [0, 0.1) is 11.6 Å². The third-order valence-corrected chi connectivity index (χ3v) is 3.69. The first-order chi connectivity index (χ1) is 12.2. The maximum absolute atomic E-state index is 14.3. The summed E-state index contributed by atoms with van der Waals surface area (Å²) in [6.45, 7) is 7.17. The van der Waals surface area contributed by atoms with Gasteiger partial charge in [-0.05, 0) is 38.3 Å². The molecule has 0 amide bonds. The fourth-order valence-corrected chi connectivity index (χ4v) is 2.57. The Morgan fingerprint density at radius 2 is 1.77 bits per heavy atom. The SMILES string of the molecule is CC(CC(=O)OC(C)(C)C)c1cc(F)cc(F)c1OCc1ccccc1. The van der Waals surface area contributed by atoms with E-state index in [1.165, 1.54) is 6.07 Å². The fraction of sp³-hybridized carbons (Fsp3) is 0.381. The molecule has 0 aliphatic carbocycles. The van der Waals surface area contributed by atoms with Crippen LogP contribution in [0.5, 0.6) is 5.75 Å². The molecule has 2 aromatic rings. The Kier molecular flexibility index (Phi) is 6.35. The van der Waals surface area contributed by atoms with Gasteiger partial charge in [0.1, 0.15) is 18.0 Å². The van der Waals surface area contributed by atoms with Crippen molar-refractivity contribution in [3.05, 3.63) is 65.2 Å². The molecule has 140 valence electrons. The Labute approximate surface area is 152 Å². The van der Waals surface area contributed by atoms with E-state index in [4.69, 9.17) is 9.47 Å². The summed E-state index contributed by atoms with van der Waals surface area (Å²) in [4.78, 5) is 12.1. The van der Waals surface area contributed by atoms with Gasteiger partial charge in [0.2, 0.25) is 0 Å². The molecule has 0 aliphatic heterocycles. The van der Waals surface area contributed by atoms with Crippen molar-refractivity contribution in [3.63, 3.8) is 0 Å². The van der Waals surface area contributed by atoms with E-state index in [-0.39, 0.29) is 18.8 Å². The molecule has 0 heterocycles. The smallest absolute Gasteiger partial charge is 0.306 e. The number of hydrogen-bond donors (Lipinski definition) is 0. The second kappa shape index (κ2) is 8.30. The molecule has 0 aromatic heterocycles. The van der Waals surface area contributed by atoms with Gasteiger partial charge in [0.25, 0.3) is 0 Å². The molecule has 0 fully saturated rings. The summed E-state index contributed by atoms with van der Waals surface area (Å²) in [7, 11) is 0. The Balaban J connectivity index is 2.19. The highest BCUT2D eigenvalue weighted by molar-refractivity contribution is 5.71. The lowest BCUT2D eigenvalue weighted by Crippen LogP contribution is -2.24. The van der Waals surface area contributed by atoms with Crippen molar-refractivity contribution in [2.24, 2.45) is 0 Å². The van der Waals surface area contributed by atoms with Crippen molar-refractivity contribution >= 4 is 5.97 Å². The maximum atomic E-state index is 14.3. The van der Waals surface area contributed by atoms with Gasteiger partial charge >= 0.3 is 5.97 Å². The molecule has 0 radical (unpaired) electrons. The first kappa shape index (κ1) is 19.9. The summed E-state index contributed by atoms with van der Waals surface area (Å²) >= 11 is 0. The first-order valence-electron chi connectivity index (χ1n) is 8.53. The highest BCUT2D eigenvalue weighted by Gasteiger charge is 2.23. The number of halogens is 2. The molecule has 2 aromatic carbocycles. The van der Waals surface area contributed by atoms with Gasteiger partial charge in [-0.2, -0.15) is 0 Å². The molecule has 0 aliphatic rings. The van der Waals surface area contributed by atoms with E-state index in [0.717, 1.165) is 11.6 Å². The van der Waals surface area contributed by atoms with E-state index >= 15 is 0 Å². The molecule has 2 rings (SSSR count). The van der Waals surface area contributed by atoms with E-state index in [1.807, 2.05) is 30.3 Å². The minimum Gasteiger partial charge on any atom is -0.486 e. The summed E-state index contributed by atoms with van der Waals surface area (Å²) in [6, 6.07) is 11.3. The van der Waals surface area contributed by atoms with E-state index in [0.29, 0.717) is 5.56 Å². The minimum atomic E-state index is -0.785. The molecular formula is C21H24F2O3. The van der Waals surface area contributed by atoms with Crippen LogP contribution in [0.2, 0.25) is 0 Å². The van der Waals surface area contributed by atoms with Gasteiger partial charge < -0.3 is 9.47 Å². The summed E-state index contributed by atoms with van der Waals surface area (Å²) in [5.74, 6) is -2.41. The lowest BCUT2D eigenvalue weighted by atomic mass is 9.96. The molecule has 0 saturated heterocycles. The van der Waals surface area contributed by atoms with Gasteiger partial charge in [-0.15, -0.1) is 0 Å². The van der Waals surface area contributed by atoms with Crippen LogP contribution < -0.4 is 4.74 Å². The van der Waals surface area contributed by atoms with Crippen molar-refractivity contribution in [2.45, 2.75) is 52.2 Å². The van der Waals surface area contributed by atoms with E-state index in [2.05, 4.69) is 0 Å². The van der Waals surface area contributed by atoms with Crippen molar-refractivity contribution in [1.29, 1.82) is 0 Å². The molecule has 3 nitrogen and oxygen atoms in total. The van der Waals surface area contributed by atoms with Crippen molar-refractivity contribution in [1.82, 2.24) is 0 Å². The lowest BCUT2D eigenvalue weighted by Gasteiger charge is -2.22. The first-order valence-corrected chi connectivity index (χ1v) is 8.53. The Morgan fingerprint density at radius 3 is 2.38 bits per heavy atom. The zero-order valence-electron chi connectivity index (χ0n) is 15.5. The third-order valence-electron chi connectivity index (χ3n) is 3.69. The monoisotopic (exact) mass is 362 g/mol. The minimum absolute atomic E-state index is 0.00185. The number of esters is 1. The molecule has 0 bridgehead atoms. The largest absolute Gasteiger partial charge is 0.486 e. The van der Waals surface area contributed by atoms with Gasteiger partial charge in [-0.3, -0.25) is 4.79 Å². The van der Waals surface area contributed by atoms with Crippen LogP contribution in [-0.4, -0.2) is 11.6 Å². The predicted octanol–water partition coefficient (Wildman–Crippen LogP) is 5.38. The average molecular weight is 362 g/mol. The highest BCUT2D eigenvalue weighted by Crippen LogP contribution is 2.33. The number of rotatable bonds is 6. The van der Waals surface area contributed by atoms with Gasteiger partial charge in [-0.1, -0.05) is 37.3 Å². The highest BCUT2D eigenvalue weighted by atomic mass is 19.1. The third kappa shape index (κ3) is 5.83. The van der Waals surface area contributed by atoms with Crippen molar-refractivity contribution in [2.75, 3.05) is 0 Å². The fourth-order valence-electron chi connectivity index (χ4n) is 2.57. The maximum Gasteiger partial charge on any atom is 0.306 e. The van der Waals surface area contributed by atoms with Crippen LogP contribution in [0.25, 0.3) is 0 Å². The van der Waals surface area contributed by atoms with Crippen LogP contribution in [0.3, 0.4) is 0 Å². The van der Waals surface area contributed by atoms with Crippen LogP contribution in [-0.2, 0) is 16.1 Å². The van der Waals surface area contributed by atoms with Crippen LogP contribution in [0.1, 0.15) is 51.2 Å². The summed E-state index contributed by atoms with van der Waals surface area (Å²) in [5, 5.41) is 0. The summed E-state index contributed by atoms with van der Waals surface area (Å²) < 4.78 is 38.9. The Bertz CT molecular complexity index is 752. The van der Waals surface area contributed by atoms with Crippen molar-refractivity contribution in [3.8, 4) is 5.75 Å². The number of hydrogen-bond acceptors (Lipinski definition) is 3. The van der Waals surface area contributed by atoms with Gasteiger partial charge in [0.05, 0.1) is 6.42 Å². The second-order valence-corrected chi connectivity index (χ2v) is 7.27. The van der Waals surface area contributed by atoms with Crippen LogP contribution >= 0.6 is 0 Å². The van der Waals surface area contributed by atoms with Gasteiger partial charge in [-0.25, -0.2) is 8.78 Å². The number of carbonyl (C=O) groups excluding carboxylic acids is 1. The molecule has 1 atom stereocenters. The van der Waals surface area contributed by atoms with Gasteiger partial charge in [0, 0.05) is 11.6 Å². The molecule has 1 unspecified atom stereocenters. The quantitative estimate of drug-likeness (QED) is 0.647. The lowest BCUT2D eigenvalue weighted by molar-refractivity contribution is -0.155. The Hall–Kier alpha value is -2.43.